The molecular formula is C20H20FN3O3. The average Bonchev–Trinajstić information content (AvgIpc) is 2.67. The normalized spacial score (nSPS) is 10.7. The summed E-state index contributed by atoms with van der Waals surface area (Å²) in [6.07, 6.45) is 0.170. The van der Waals surface area contributed by atoms with E-state index in [1.165, 1.54) is 24.3 Å². The van der Waals surface area contributed by atoms with Crippen LogP contribution < -0.4 is 10.3 Å². The van der Waals surface area contributed by atoms with Gasteiger partial charge in [-0.15, -0.1) is 0 Å². The van der Waals surface area contributed by atoms with Crippen LogP contribution in [0.3, 0.4) is 0 Å². The Bertz CT molecular complexity index is 986. The zero-order valence-corrected chi connectivity index (χ0v) is 14.9. The molecule has 1 N–H and O–H groups in total. The number of aromatic amines is 1. The fourth-order valence-corrected chi connectivity index (χ4v) is 2.71. The molecule has 0 aliphatic carbocycles. The van der Waals surface area contributed by atoms with Crippen LogP contribution in [0.5, 0.6) is 5.75 Å². The van der Waals surface area contributed by atoms with E-state index in [0.717, 1.165) is 0 Å². The van der Waals surface area contributed by atoms with Crippen LogP contribution in [-0.4, -0.2) is 33.9 Å². The lowest BCUT2D eigenvalue weighted by Crippen LogP contribution is -2.32. The molecule has 0 spiro atoms. The van der Waals surface area contributed by atoms with Gasteiger partial charge in [0.2, 0.25) is 5.91 Å². The Labute approximate surface area is 155 Å². The van der Waals surface area contributed by atoms with Crippen molar-refractivity contribution < 1.29 is 13.9 Å². The maximum absolute atomic E-state index is 12.9. The van der Waals surface area contributed by atoms with Crippen LogP contribution in [0.15, 0.2) is 53.3 Å². The molecule has 27 heavy (non-hydrogen) atoms. The highest BCUT2D eigenvalue weighted by molar-refractivity contribution is 5.78. The van der Waals surface area contributed by atoms with Crippen molar-refractivity contribution in [3.63, 3.8) is 0 Å². The summed E-state index contributed by atoms with van der Waals surface area (Å²) in [5, 5.41) is 0.517. The van der Waals surface area contributed by atoms with Gasteiger partial charge < -0.3 is 14.6 Å². The number of carbonyl (C=O) groups is 1. The van der Waals surface area contributed by atoms with E-state index in [9.17, 15) is 14.0 Å². The van der Waals surface area contributed by atoms with Crippen molar-refractivity contribution in [1.82, 2.24) is 14.9 Å². The summed E-state index contributed by atoms with van der Waals surface area (Å²) in [5.41, 5.74) is 0.373. The van der Waals surface area contributed by atoms with Crippen LogP contribution in [-0.2, 0) is 11.3 Å². The number of fused-ring (bicyclic) bond motifs is 1. The predicted octanol–water partition coefficient (Wildman–Crippen LogP) is 2.88. The Kier molecular flexibility index (Phi) is 5.80. The molecular weight excluding hydrogens is 349 g/mol. The molecule has 0 aliphatic heterocycles. The molecule has 0 radical (unpaired) electrons. The quantitative estimate of drug-likeness (QED) is 0.695. The van der Waals surface area contributed by atoms with Crippen LogP contribution >= 0.6 is 0 Å². The molecule has 0 atom stereocenters. The van der Waals surface area contributed by atoms with Crippen molar-refractivity contribution in [3.05, 3.63) is 70.5 Å². The molecule has 0 fully saturated rings. The summed E-state index contributed by atoms with van der Waals surface area (Å²) in [5.74, 6) is 0.490. The summed E-state index contributed by atoms with van der Waals surface area (Å²) in [7, 11) is 0. The number of nitrogens with one attached hydrogen (secondary N) is 1. The van der Waals surface area contributed by atoms with Gasteiger partial charge in [0.15, 0.2) is 0 Å². The molecule has 1 heterocycles. The molecule has 3 rings (SSSR count). The minimum Gasteiger partial charge on any atom is -0.493 e. The maximum atomic E-state index is 12.9. The molecule has 0 aliphatic rings. The molecule has 0 saturated carbocycles. The highest BCUT2D eigenvalue weighted by Crippen LogP contribution is 2.12. The fourth-order valence-electron chi connectivity index (χ4n) is 2.71. The number of halogens is 1. The van der Waals surface area contributed by atoms with Crippen molar-refractivity contribution in [2.24, 2.45) is 0 Å². The number of carbonyl (C=O) groups excluding carboxylic acids is 1. The zero-order valence-electron chi connectivity index (χ0n) is 14.9. The van der Waals surface area contributed by atoms with Crippen molar-refractivity contribution in [3.8, 4) is 5.75 Å². The van der Waals surface area contributed by atoms with Crippen molar-refractivity contribution in [1.29, 1.82) is 0 Å². The molecule has 0 unspecified atom stereocenters. The minimum atomic E-state index is -0.340. The van der Waals surface area contributed by atoms with Gasteiger partial charge >= 0.3 is 0 Å². The van der Waals surface area contributed by atoms with Gasteiger partial charge in [-0.1, -0.05) is 12.1 Å². The third-order valence-electron chi connectivity index (χ3n) is 4.14. The number of nitrogens with zero attached hydrogens (tertiary/aromatic N) is 2. The second kappa shape index (κ2) is 8.44. The maximum Gasteiger partial charge on any atom is 0.258 e. The van der Waals surface area contributed by atoms with Crippen molar-refractivity contribution in [2.75, 3.05) is 13.2 Å². The van der Waals surface area contributed by atoms with E-state index in [2.05, 4.69) is 9.97 Å². The Morgan fingerprint density at radius 2 is 1.93 bits per heavy atom. The van der Waals surface area contributed by atoms with Gasteiger partial charge in [-0.3, -0.25) is 9.59 Å². The SMILES string of the molecule is CCN(Cc1nc2ccccc2c(=O)[nH]1)C(=O)CCOc1ccc(F)cc1. The number of amides is 1. The molecule has 0 bridgehead atoms. The van der Waals surface area contributed by atoms with Crippen LogP contribution in [0.1, 0.15) is 19.2 Å². The van der Waals surface area contributed by atoms with Gasteiger partial charge in [0.25, 0.3) is 5.56 Å². The van der Waals surface area contributed by atoms with E-state index in [1.807, 2.05) is 13.0 Å². The highest BCUT2D eigenvalue weighted by atomic mass is 19.1. The lowest BCUT2D eigenvalue weighted by molar-refractivity contribution is -0.132. The molecule has 1 amide bonds. The molecule has 2 aromatic carbocycles. The first-order valence-corrected chi connectivity index (χ1v) is 8.71. The number of H-pyrrole nitrogens is 1. The molecule has 3 aromatic rings. The summed E-state index contributed by atoms with van der Waals surface area (Å²) in [6, 6.07) is 12.7. The smallest absolute Gasteiger partial charge is 0.258 e. The lowest BCUT2D eigenvalue weighted by atomic mass is 10.2. The average molecular weight is 369 g/mol. The first-order valence-electron chi connectivity index (χ1n) is 8.71. The first kappa shape index (κ1) is 18.6. The molecule has 0 saturated heterocycles. The highest BCUT2D eigenvalue weighted by Gasteiger charge is 2.14. The molecule has 1 aromatic heterocycles. The Balaban J connectivity index is 1.61. The number of rotatable bonds is 7. The van der Waals surface area contributed by atoms with E-state index in [1.54, 1.807) is 23.1 Å². The van der Waals surface area contributed by atoms with Gasteiger partial charge in [0.05, 0.1) is 30.5 Å². The van der Waals surface area contributed by atoms with Crippen LogP contribution in [0.2, 0.25) is 0 Å². The first-order chi connectivity index (χ1) is 13.1. The Morgan fingerprint density at radius 1 is 1.19 bits per heavy atom. The Hall–Kier alpha value is -3.22. The number of para-hydroxylation sites is 1. The summed E-state index contributed by atoms with van der Waals surface area (Å²) in [4.78, 5) is 33.3. The van der Waals surface area contributed by atoms with Gasteiger partial charge in [-0.05, 0) is 43.3 Å². The van der Waals surface area contributed by atoms with Gasteiger partial charge in [-0.2, -0.15) is 0 Å². The topological polar surface area (TPSA) is 75.3 Å². The monoisotopic (exact) mass is 369 g/mol. The number of benzene rings is 2. The van der Waals surface area contributed by atoms with Gasteiger partial charge in [-0.25, -0.2) is 9.37 Å². The van der Waals surface area contributed by atoms with Gasteiger partial charge in [0, 0.05) is 6.54 Å². The number of aromatic nitrogens is 2. The number of hydrogen-bond donors (Lipinski definition) is 1. The third-order valence-corrected chi connectivity index (χ3v) is 4.14. The zero-order chi connectivity index (χ0) is 19.2. The third kappa shape index (κ3) is 4.69. The van der Waals surface area contributed by atoms with Crippen LogP contribution in [0, 0.1) is 5.82 Å². The predicted molar refractivity (Wildman–Crippen MR) is 100.0 cm³/mol. The second-order valence-corrected chi connectivity index (χ2v) is 5.99. The minimum absolute atomic E-state index is 0.115. The lowest BCUT2D eigenvalue weighted by Gasteiger charge is -2.20. The largest absolute Gasteiger partial charge is 0.493 e. The fraction of sp³-hybridized carbons (Fsp3) is 0.250. The summed E-state index contributed by atoms with van der Waals surface area (Å²) in [6.45, 7) is 2.73. The van der Waals surface area contributed by atoms with E-state index in [-0.39, 0.29) is 36.9 Å². The van der Waals surface area contributed by atoms with E-state index in [4.69, 9.17) is 4.74 Å². The van der Waals surface area contributed by atoms with Crippen LogP contribution in [0.4, 0.5) is 4.39 Å². The van der Waals surface area contributed by atoms with Crippen molar-refractivity contribution in [2.45, 2.75) is 19.9 Å². The molecule has 7 heteroatoms. The number of hydrogen-bond acceptors (Lipinski definition) is 4. The number of ether oxygens (including phenoxy) is 1. The van der Waals surface area contributed by atoms with Crippen LogP contribution in [0.25, 0.3) is 10.9 Å². The molecule has 6 nitrogen and oxygen atoms in total. The van der Waals surface area contributed by atoms with Crippen molar-refractivity contribution >= 4 is 16.8 Å². The standard InChI is InChI=1S/C20H20FN3O3/c1-2-24(19(25)11-12-27-15-9-7-14(21)8-10-15)13-18-22-17-6-4-3-5-16(17)20(26)23-18/h3-10H,2,11-13H2,1H3,(H,22,23,26). The molecule has 140 valence electrons. The second-order valence-electron chi connectivity index (χ2n) is 5.99. The van der Waals surface area contributed by atoms with E-state index in [0.29, 0.717) is 29.0 Å². The van der Waals surface area contributed by atoms with E-state index < -0.39 is 0 Å². The van der Waals surface area contributed by atoms with Gasteiger partial charge in [0.1, 0.15) is 17.4 Å². The summed E-state index contributed by atoms with van der Waals surface area (Å²) < 4.78 is 18.3. The summed E-state index contributed by atoms with van der Waals surface area (Å²) >= 11 is 0. The Morgan fingerprint density at radius 3 is 2.67 bits per heavy atom. The van der Waals surface area contributed by atoms with E-state index >= 15 is 0 Å².